The van der Waals surface area contributed by atoms with Crippen molar-refractivity contribution in [2.45, 2.75) is 18.0 Å². The van der Waals surface area contributed by atoms with Gasteiger partial charge >= 0.3 is 0 Å². The number of benzene rings is 2. The summed E-state index contributed by atoms with van der Waals surface area (Å²) in [5.74, 6) is 0. The molecular formula is C12H11N3O4S. The molecule has 0 saturated carbocycles. The van der Waals surface area contributed by atoms with Crippen molar-refractivity contribution < 1.29 is 13.3 Å². The van der Waals surface area contributed by atoms with Gasteiger partial charge < -0.3 is 5.32 Å². The second-order valence-electron chi connectivity index (χ2n) is 4.62. The van der Waals surface area contributed by atoms with Crippen molar-refractivity contribution >= 4 is 26.5 Å². The average Bonchev–Trinajstić information content (AvgIpc) is 2.38. The van der Waals surface area contributed by atoms with Gasteiger partial charge in [-0.25, -0.2) is 13.6 Å². The summed E-state index contributed by atoms with van der Waals surface area (Å²) in [4.78, 5) is 10.4. The molecule has 8 heteroatoms. The molecule has 7 nitrogen and oxygen atoms in total. The highest BCUT2D eigenvalue weighted by Gasteiger charge is 2.26. The summed E-state index contributed by atoms with van der Waals surface area (Å²) in [5.41, 5.74) is 1.42. The SMILES string of the molecule is NS(=O)(=O)c1ccc2c3c(ccc([N+](=O)[O-])c13)CNC2. The summed E-state index contributed by atoms with van der Waals surface area (Å²) in [7, 11) is -4.03. The van der Waals surface area contributed by atoms with Gasteiger partial charge in [0.2, 0.25) is 10.0 Å². The third kappa shape index (κ3) is 1.85. The number of nitrogens with two attached hydrogens (primary N) is 1. The second kappa shape index (κ2) is 4.23. The zero-order valence-corrected chi connectivity index (χ0v) is 11.1. The van der Waals surface area contributed by atoms with Crippen LogP contribution in [0.15, 0.2) is 29.2 Å². The van der Waals surface area contributed by atoms with E-state index in [2.05, 4.69) is 5.32 Å². The second-order valence-corrected chi connectivity index (χ2v) is 6.15. The van der Waals surface area contributed by atoms with Crippen molar-refractivity contribution in [3.63, 3.8) is 0 Å². The third-order valence-electron chi connectivity index (χ3n) is 3.41. The molecule has 0 bridgehead atoms. The summed E-state index contributed by atoms with van der Waals surface area (Å²) < 4.78 is 23.4. The Morgan fingerprint density at radius 3 is 2.25 bits per heavy atom. The van der Waals surface area contributed by atoms with Crippen molar-refractivity contribution in [1.29, 1.82) is 0 Å². The van der Waals surface area contributed by atoms with E-state index in [0.29, 0.717) is 18.5 Å². The van der Waals surface area contributed by atoms with Gasteiger partial charge in [-0.1, -0.05) is 12.1 Å². The molecule has 0 unspecified atom stereocenters. The van der Waals surface area contributed by atoms with Crippen LogP contribution in [0.4, 0.5) is 5.69 Å². The number of primary sulfonamides is 1. The highest BCUT2D eigenvalue weighted by molar-refractivity contribution is 7.89. The molecule has 0 radical (unpaired) electrons. The maximum atomic E-state index is 11.7. The number of non-ortho nitro benzene ring substituents is 1. The fourth-order valence-corrected chi connectivity index (χ4v) is 3.36. The molecule has 0 atom stereocenters. The molecule has 104 valence electrons. The lowest BCUT2D eigenvalue weighted by atomic mass is 9.95. The van der Waals surface area contributed by atoms with Crippen molar-refractivity contribution in [1.82, 2.24) is 5.32 Å². The van der Waals surface area contributed by atoms with E-state index in [-0.39, 0.29) is 16.0 Å². The van der Waals surface area contributed by atoms with Crippen LogP contribution in [0.5, 0.6) is 0 Å². The van der Waals surface area contributed by atoms with E-state index in [9.17, 15) is 18.5 Å². The smallest absolute Gasteiger partial charge is 0.278 e. The fraction of sp³-hybridized carbons (Fsp3) is 0.167. The molecule has 0 amide bonds. The Morgan fingerprint density at radius 2 is 1.70 bits per heavy atom. The highest BCUT2D eigenvalue weighted by atomic mass is 32.2. The minimum atomic E-state index is -4.03. The number of hydrogen-bond donors (Lipinski definition) is 2. The van der Waals surface area contributed by atoms with Gasteiger partial charge in [-0.2, -0.15) is 0 Å². The molecule has 2 aromatic rings. The zero-order valence-electron chi connectivity index (χ0n) is 10.3. The number of rotatable bonds is 2. The van der Waals surface area contributed by atoms with E-state index in [4.69, 9.17) is 5.14 Å². The lowest BCUT2D eigenvalue weighted by Crippen LogP contribution is -2.20. The maximum Gasteiger partial charge on any atom is 0.278 e. The van der Waals surface area contributed by atoms with Gasteiger partial charge in [0.25, 0.3) is 5.69 Å². The van der Waals surface area contributed by atoms with Crippen LogP contribution in [0.1, 0.15) is 11.1 Å². The van der Waals surface area contributed by atoms with Gasteiger partial charge in [0, 0.05) is 19.2 Å². The molecule has 0 spiro atoms. The van der Waals surface area contributed by atoms with Crippen molar-refractivity contribution in [3.05, 3.63) is 45.5 Å². The quantitative estimate of drug-likeness (QED) is 0.633. The van der Waals surface area contributed by atoms with Gasteiger partial charge in [-0.05, 0) is 22.6 Å². The standard InChI is InChI=1S/C12H11N3O4S/c13-20(18,19)10-4-2-8-6-14-5-7-1-3-9(15(16)17)12(10)11(7)8/h1-4,14H,5-6H2,(H2,13,18,19). The topological polar surface area (TPSA) is 115 Å². The van der Waals surface area contributed by atoms with E-state index in [0.717, 1.165) is 11.1 Å². The molecule has 1 heterocycles. The molecule has 3 rings (SSSR count). The van der Waals surface area contributed by atoms with Crippen LogP contribution in [0.2, 0.25) is 0 Å². The summed E-state index contributed by atoms with van der Waals surface area (Å²) in [6.07, 6.45) is 0. The van der Waals surface area contributed by atoms with E-state index in [1.165, 1.54) is 12.1 Å². The Kier molecular flexibility index (Phi) is 2.75. The van der Waals surface area contributed by atoms with Crippen LogP contribution in [-0.2, 0) is 23.1 Å². The fourth-order valence-electron chi connectivity index (χ4n) is 2.61. The molecule has 0 fully saturated rings. The predicted octanol–water partition coefficient (Wildman–Crippen LogP) is 0.999. The van der Waals surface area contributed by atoms with Crippen molar-refractivity contribution in [2.24, 2.45) is 5.14 Å². The van der Waals surface area contributed by atoms with Gasteiger partial charge in [0.15, 0.2) is 0 Å². The van der Waals surface area contributed by atoms with Crippen LogP contribution < -0.4 is 10.5 Å². The molecule has 2 aromatic carbocycles. The van der Waals surface area contributed by atoms with E-state index in [1.54, 1.807) is 12.1 Å². The largest absolute Gasteiger partial charge is 0.309 e. The average molecular weight is 293 g/mol. The zero-order chi connectivity index (χ0) is 14.5. The van der Waals surface area contributed by atoms with Crippen molar-refractivity contribution in [2.75, 3.05) is 0 Å². The van der Waals surface area contributed by atoms with Crippen LogP contribution in [0.25, 0.3) is 10.8 Å². The predicted molar refractivity (Wildman–Crippen MR) is 72.5 cm³/mol. The van der Waals surface area contributed by atoms with Crippen LogP contribution in [0, 0.1) is 10.1 Å². The summed E-state index contributed by atoms with van der Waals surface area (Å²) in [6.45, 7) is 1.07. The Morgan fingerprint density at radius 1 is 1.10 bits per heavy atom. The Balaban J connectivity index is 2.57. The number of nitro groups is 1. The molecule has 3 N–H and O–H groups in total. The summed E-state index contributed by atoms with van der Waals surface area (Å²) >= 11 is 0. The Hall–Kier alpha value is -2.03. The molecule has 20 heavy (non-hydrogen) atoms. The third-order valence-corrected chi connectivity index (χ3v) is 4.36. The Labute approximate surface area is 114 Å². The minimum Gasteiger partial charge on any atom is -0.309 e. The first-order valence-corrected chi connectivity index (χ1v) is 7.39. The molecular weight excluding hydrogens is 282 g/mol. The Bertz CT molecular complexity index is 835. The number of nitro benzene ring substituents is 1. The van der Waals surface area contributed by atoms with Crippen molar-refractivity contribution in [3.8, 4) is 0 Å². The summed E-state index contributed by atoms with van der Waals surface area (Å²) in [5, 5.41) is 20.2. The van der Waals surface area contributed by atoms with Gasteiger partial charge in [-0.3, -0.25) is 10.1 Å². The normalized spacial score (nSPS) is 14.4. The molecule has 1 aliphatic rings. The van der Waals surface area contributed by atoms with E-state index in [1.807, 2.05) is 0 Å². The van der Waals surface area contributed by atoms with Gasteiger partial charge in [0.1, 0.15) is 0 Å². The van der Waals surface area contributed by atoms with Gasteiger partial charge in [0.05, 0.1) is 15.2 Å². The number of sulfonamides is 1. The highest BCUT2D eigenvalue weighted by Crippen LogP contribution is 2.37. The number of hydrogen-bond acceptors (Lipinski definition) is 5. The van der Waals surface area contributed by atoms with Crippen LogP contribution >= 0.6 is 0 Å². The number of nitrogens with one attached hydrogen (secondary N) is 1. The first-order chi connectivity index (χ1) is 9.39. The monoisotopic (exact) mass is 293 g/mol. The molecule has 0 aliphatic carbocycles. The molecule has 0 saturated heterocycles. The minimum absolute atomic E-state index is 0.106. The van der Waals surface area contributed by atoms with Crippen LogP contribution in [-0.4, -0.2) is 13.3 Å². The first-order valence-electron chi connectivity index (χ1n) is 5.85. The lowest BCUT2D eigenvalue weighted by molar-refractivity contribution is -0.383. The van der Waals surface area contributed by atoms with E-state index >= 15 is 0 Å². The first kappa shape index (κ1) is 13.0. The molecule has 1 aliphatic heterocycles. The van der Waals surface area contributed by atoms with Gasteiger partial charge in [-0.15, -0.1) is 0 Å². The number of nitrogens with zero attached hydrogens (tertiary/aromatic N) is 1. The lowest BCUT2D eigenvalue weighted by Gasteiger charge is -2.19. The van der Waals surface area contributed by atoms with E-state index < -0.39 is 14.9 Å². The maximum absolute atomic E-state index is 11.7. The van der Waals surface area contributed by atoms with Crippen LogP contribution in [0.3, 0.4) is 0 Å². The molecule has 0 aromatic heterocycles. The summed E-state index contributed by atoms with van der Waals surface area (Å²) in [6, 6.07) is 5.93.